The molecule has 1 unspecified atom stereocenters. The van der Waals surface area contributed by atoms with Crippen molar-refractivity contribution in [3.05, 3.63) is 60.2 Å². The minimum Gasteiger partial charge on any atom is -0.326 e. The van der Waals surface area contributed by atoms with Crippen molar-refractivity contribution in [2.45, 2.75) is 19.3 Å². The van der Waals surface area contributed by atoms with Crippen LogP contribution in [0.5, 0.6) is 0 Å². The lowest BCUT2D eigenvalue weighted by Gasteiger charge is -2.09. The Bertz CT molecular complexity index is 707. The average molecular weight is 337 g/mol. The maximum absolute atomic E-state index is 12.2. The van der Waals surface area contributed by atoms with E-state index in [-0.39, 0.29) is 11.8 Å². The van der Waals surface area contributed by atoms with Crippen molar-refractivity contribution in [1.82, 2.24) is 5.32 Å². The van der Waals surface area contributed by atoms with Gasteiger partial charge in [-0.05, 0) is 68.2 Å². The van der Waals surface area contributed by atoms with Crippen LogP contribution in [0.3, 0.4) is 0 Å². The first kappa shape index (κ1) is 17.2. The fourth-order valence-corrected chi connectivity index (χ4v) is 2.95. The van der Waals surface area contributed by atoms with Gasteiger partial charge in [-0.3, -0.25) is 9.59 Å². The first-order valence-corrected chi connectivity index (χ1v) is 8.68. The van der Waals surface area contributed by atoms with Gasteiger partial charge in [0.1, 0.15) is 0 Å². The molecule has 2 amide bonds. The molecule has 0 aromatic heterocycles. The van der Waals surface area contributed by atoms with Crippen LogP contribution in [0.25, 0.3) is 0 Å². The molecule has 5 nitrogen and oxygen atoms in total. The molecule has 1 heterocycles. The van der Waals surface area contributed by atoms with E-state index in [9.17, 15) is 9.59 Å². The zero-order valence-electron chi connectivity index (χ0n) is 14.1. The zero-order chi connectivity index (χ0) is 17.5. The van der Waals surface area contributed by atoms with E-state index in [1.807, 2.05) is 30.3 Å². The molecule has 3 N–H and O–H groups in total. The van der Waals surface area contributed by atoms with E-state index in [1.165, 1.54) is 0 Å². The van der Waals surface area contributed by atoms with Gasteiger partial charge in [0.2, 0.25) is 5.91 Å². The largest absolute Gasteiger partial charge is 0.326 e. The summed E-state index contributed by atoms with van der Waals surface area (Å²) in [6, 6.07) is 16.3. The molecule has 25 heavy (non-hydrogen) atoms. The van der Waals surface area contributed by atoms with E-state index in [4.69, 9.17) is 0 Å². The van der Waals surface area contributed by atoms with Crippen LogP contribution in [0, 0.1) is 5.92 Å². The van der Waals surface area contributed by atoms with Crippen LogP contribution < -0.4 is 16.0 Å². The Balaban J connectivity index is 1.49. The number of carbonyl (C=O) groups is 2. The fourth-order valence-electron chi connectivity index (χ4n) is 2.95. The van der Waals surface area contributed by atoms with Crippen molar-refractivity contribution in [2.24, 2.45) is 5.92 Å². The fraction of sp³-hybridized carbons (Fsp3) is 0.300. The predicted molar refractivity (Wildman–Crippen MR) is 99.7 cm³/mol. The Morgan fingerprint density at radius 1 is 0.960 bits per heavy atom. The van der Waals surface area contributed by atoms with Gasteiger partial charge in [-0.1, -0.05) is 18.2 Å². The highest BCUT2D eigenvalue weighted by Crippen LogP contribution is 2.16. The van der Waals surface area contributed by atoms with Crippen molar-refractivity contribution in [1.29, 1.82) is 0 Å². The van der Waals surface area contributed by atoms with E-state index in [0.717, 1.165) is 31.6 Å². The third-order valence-electron chi connectivity index (χ3n) is 4.40. The third kappa shape index (κ3) is 5.16. The monoisotopic (exact) mass is 337 g/mol. The second-order valence-corrected chi connectivity index (χ2v) is 6.34. The molecular weight excluding hydrogens is 314 g/mol. The summed E-state index contributed by atoms with van der Waals surface area (Å²) in [4.78, 5) is 24.2. The number of rotatable bonds is 6. The minimum atomic E-state index is -0.169. The highest BCUT2D eigenvalue weighted by Gasteiger charge is 2.15. The molecule has 5 heteroatoms. The summed E-state index contributed by atoms with van der Waals surface area (Å²) >= 11 is 0. The molecule has 0 bridgehead atoms. The second-order valence-electron chi connectivity index (χ2n) is 6.34. The molecule has 3 rings (SSSR count). The minimum absolute atomic E-state index is 0.0217. The van der Waals surface area contributed by atoms with Crippen LogP contribution in [0.1, 0.15) is 29.6 Å². The van der Waals surface area contributed by atoms with E-state index in [2.05, 4.69) is 16.0 Å². The highest BCUT2D eigenvalue weighted by molar-refractivity contribution is 6.04. The lowest BCUT2D eigenvalue weighted by molar-refractivity contribution is -0.116. The van der Waals surface area contributed by atoms with Gasteiger partial charge in [-0.25, -0.2) is 0 Å². The van der Waals surface area contributed by atoms with Crippen LogP contribution >= 0.6 is 0 Å². The number of carbonyl (C=O) groups excluding carboxylic acids is 2. The van der Waals surface area contributed by atoms with Crippen molar-refractivity contribution < 1.29 is 9.59 Å². The lowest BCUT2D eigenvalue weighted by Crippen LogP contribution is -2.15. The molecular formula is C20H23N3O2. The van der Waals surface area contributed by atoms with Crippen LogP contribution in [0.15, 0.2) is 54.6 Å². The van der Waals surface area contributed by atoms with E-state index in [0.29, 0.717) is 23.6 Å². The van der Waals surface area contributed by atoms with Crippen LogP contribution in [-0.2, 0) is 4.79 Å². The molecule has 1 fully saturated rings. The maximum Gasteiger partial charge on any atom is 0.255 e. The molecule has 0 aliphatic carbocycles. The lowest BCUT2D eigenvalue weighted by atomic mass is 10.0. The molecule has 130 valence electrons. The first-order valence-electron chi connectivity index (χ1n) is 8.68. The highest BCUT2D eigenvalue weighted by atomic mass is 16.2. The smallest absolute Gasteiger partial charge is 0.255 e. The van der Waals surface area contributed by atoms with Crippen LogP contribution in [0.2, 0.25) is 0 Å². The number of benzene rings is 2. The first-order chi connectivity index (χ1) is 12.2. The van der Waals surface area contributed by atoms with Gasteiger partial charge in [0.05, 0.1) is 0 Å². The Labute approximate surface area is 147 Å². The molecule has 0 saturated carbocycles. The Hall–Kier alpha value is -2.66. The summed E-state index contributed by atoms with van der Waals surface area (Å²) in [6.07, 6.45) is 2.59. The number of hydrogen-bond acceptors (Lipinski definition) is 3. The van der Waals surface area contributed by atoms with Crippen LogP contribution in [0.4, 0.5) is 11.4 Å². The van der Waals surface area contributed by atoms with E-state index >= 15 is 0 Å². The van der Waals surface area contributed by atoms with Gasteiger partial charge in [-0.2, -0.15) is 0 Å². The average Bonchev–Trinajstić information content (AvgIpc) is 3.15. The Morgan fingerprint density at radius 3 is 2.36 bits per heavy atom. The quantitative estimate of drug-likeness (QED) is 0.758. The Morgan fingerprint density at radius 2 is 1.68 bits per heavy atom. The summed E-state index contributed by atoms with van der Waals surface area (Å²) in [7, 11) is 0. The molecule has 2 aromatic carbocycles. The topological polar surface area (TPSA) is 70.2 Å². The van der Waals surface area contributed by atoms with Crippen molar-refractivity contribution in [2.75, 3.05) is 23.7 Å². The van der Waals surface area contributed by atoms with Gasteiger partial charge < -0.3 is 16.0 Å². The summed E-state index contributed by atoms with van der Waals surface area (Å²) < 4.78 is 0. The van der Waals surface area contributed by atoms with Crippen molar-refractivity contribution in [3.63, 3.8) is 0 Å². The van der Waals surface area contributed by atoms with E-state index in [1.54, 1.807) is 24.3 Å². The van der Waals surface area contributed by atoms with Gasteiger partial charge in [0.25, 0.3) is 5.91 Å². The molecule has 0 radical (unpaired) electrons. The Kier molecular flexibility index (Phi) is 5.80. The predicted octanol–water partition coefficient (Wildman–Crippen LogP) is 3.27. The second kappa shape index (κ2) is 8.44. The summed E-state index contributed by atoms with van der Waals surface area (Å²) in [5, 5.41) is 9.04. The van der Waals surface area contributed by atoms with E-state index < -0.39 is 0 Å². The molecule has 1 aliphatic heterocycles. The van der Waals surface area contributed by atoms with Gasteiger partial charge in [0, 0.05) is 23.4 Å². The normalized spacial score (nSPS) is 16.4. The van der Waals surface area contributed by atoms with Crippen LogP contribution in [-0.4, -0.2) is 24.9 Å². The van der Waals surface area contributed by atoms with Gasteiger partial charge >= 0.3 is 0 Å². The summed E-state index contributed by atoms with van der Waals surface area (Å²) in [5.41, 5.74) is 2.02. The zero-order valence-corrected chi connectivity index (χ0v) is 14.1. The standard InChI is InChI=1S/C20H23N3O2/c24-19(11-6-15-12-13-21-14-15)22-18-9-7-16(8-10-18)20(25)23-17-4-2-1-3-5-17/h1-5,7-10,15,21H,6,11-14H2,(H,22,24)(H,23,25). The maximum atomic E-state index is 12.2. The number of amides is 2. The molecule has 0 spiro atoms. The van der Waals surface area contributed by atoms with Gasteiger partial charge in [-0.15, -0.1) is 0 Å². The number of hydrogen-bond donors (Lipinski definition) is 3. The molecule has 1 aliphatic rings. The number of para-hydroxylation sites is 1. The SMILES string of the molecule is O=C(CCC1CCNC1)Nc1ccc(C(=O)Nc2ccccc2)cc1. The summed E-state index contributed by atoms with van der Waals surface area (Å²) in [5.74, 6) is 0.459. The van der Waals surface area contributed by atoms with Gasteiger partial charge in [0.15, 0.2) is 0 Å². The van der Waals surface area contributed by atoms with Crippen molar-refractivity contribution >= 4 is 23.2 Å². The molecule has 2 aromatic rings. The van der Waals surface area contributed by atoms with Crippen molar-refractivity contribution in [3.8, 4) is 0 Å². The molecule has 1 atom stereocenters. The summed E-state index contributed by atoms with van der Waals surface area (Å²) in [6.45, 7) is 2.07. The number of anilines is 2. The number of nitrogens with one attached hydrogen (secondary N) is 3. The molecule has 1 saturated heterocycles. The third-order valence-corrected chi connectivity index (χ3v) is 4.40.